The fourth-order valence-electron chi connectivity index (χ4n) is 2.89. The molecule has 2 aromatic carbocycles. The first kappa shape index (κ1) is 17.4. The van der Waals surface area contributed by atoms with E-state index in [1.807, 2.05) is 41.7 Å². The lowest BCUT2D eigenvalue weighted by atomic mass is 10.0. The summed E-state index contributed by atoms with van der Waals surface area (Å²) in [6.07, 6.45) is -0.379. The molecule has 1 fully saturated rings. The molecule has 0 aliphatic carbocycles. The van der Waals surface area contributed by atoms with Gasteiger partial charge in [0.1, 0.15) is 5.82 Å². The first-order valence-corrected chi connectivity index (χ1v) is 10.4. The quantitative estimate of drug-likeness (QED) is 0.842. The molecule has 7 heteroatoms. The lowest BCUT2D eigenvalue weighted by molar-refractivity contribution is -0.125. The Bertz CT molecular complexity index is 853. The number of carbonyl (C=O) groups is 1. The molecule has 1 N–H and O–H groups in total. The minimum absolute atomic E-state index is 0.246. The molecular weight excluding hydrogens is 371 g/mol. The van der Waals surface area contributed by atoms with Crippen molar-refractivity contribution in [2.45, 2.75) is 17.1 Å². The van der Waals surface area contributed by atoms with Gasteiger partial charge >= 0.3 is 0 Å². The van der Waals surface area contributed by atoms with Crippen molar-refractivity contribution in [3.63, 3.8) is 0 Å². The highest BCUT2D eigenvalue weighted by molar-refractivity contribution is 8.19. The minimum Gasteiger partial charge on any atom is -0.382 e. The number of benzene rings is 2. The second kappa shape index (κ2) is 7.72. The van der Waals surface area contributed by atoms with E-state index in [-0.39, 0.29) is 11.7 Å². The number of anilines is 1. The summed E-state index contributed by atoms with van der Waals surface area (Å²) in [6.45, 7) is 0. The molecule has 1 saturated heterocycles. The van der Waals surface area contributed by atoms with E-state index in [2.05, 4.69) is 16.5 Å². The van der Waals surface area contributed by atoms with Gasteiger partial charge in [0, 0.05) is 29.2 Å². The number of nitrogens with one attached hydrogen (secondary N) is 1. The molecule has 2 aliphatic rings. The van der Waals surface area contributed by atoms with E-state index in [1.54, 1.807) is 12.1 Å². The Morgan fingerprint density at radius 3 is 2.77 bits per heavy atom. The van der Waals surface area contributed by atoms with Crippen LogP contribution in [0.2, 0.25) is 0 Å². The maximum atomic E-state index is 13.4. The first-order chi connectivity index (χ1) is 12.7. The van der Waals surface area contributed by atoms with Crippen molar-refractivity contribution in [3.8, 4) is 0 Å². The molecule has 134 valence electrons. The second-order valence-corrected chi connectivity index (χ2v) is 8.76. The zero-order valence-electron chi connectivity index (χ0n) is 13.9. The van der Waals surface area contributed by atoms with Crippen LogP contribution in [0.25, 0.3) is 0 Å². The van der Waals surface area contributed by atoms with Crippen molar-refractivity contribution in [3.05, 3.63) is 65.5 Å². The van der Waals surface area contributed by atoms with Crippen molar-refractivity contribution < 1.29 is 14.0 Å². The van der Waals surface area contributed by atoms with Gasteiger partial charge in [-0.3, -0.25) is 4.79 Å². The highest BCUT2D eigenvalue weighted by Crippen LogP contribution is 2.45. The van der Waals surface area contributed by atoms with Crippen LogP contribution in [0.5, 0.6) is 0 Å². The van der Waals surface area contributed by atoms with E-state index in [9.17, 15) is 9.18 Å². The highest BCUT2D eigenvalue weighted by Gasteiger charge is 2.29. The maximum absolute atomic E-state index is 13.4. The van der Waals surface area contributed by atoms with Crippen molar-refractivity contribution in [2.75, 3.05) is 16.8 Å². The van der Waals surface area contributed by atoms with Crippen molar-refractivity contribution >= 4 is 40.8 Å². The number of halogens is 1. The van der Waals surface area contributed by atoms with E-state index in [0.29, 0.717) is 22.3 Å². The predicted octanol–water partition coefficient (Wildman–Crippen LogP) is 4.44. The fraction of sp³-hybridized carbons (Fsp3) is 0.263. The van der Waals surface area contributed by atoms with E-state index in [0.717, 1.165) is 17.2 Å². The molecule has 0 bridgehead atoms. The molecule has 4 rings (SSSR count). The predicted molar refractivity (Wildman–Crippen MR) is 105 cm³/mol. The van der Waals surface area contributed by atoms with Gasteiger partial charge in [-0.05, 0) is 29.8 Å². The highest BCUT2D eigenvalue weighted by atomic mass is 32.2. The lowest BCUT2D eigenvalue weighted by Crippen LogP contribution is -2.28. The van der Waals surface area contributed by atoms with Gasteiger partial charge in [-0.15, -0.1) is 23.5 Å². The largest absolute Gasteiger partial charge is 0.382 e. The molecule has 0 spiro atoms. The molecule has 4 nitrogen and oxygen atoms in total. The van der Waals surface area contributed by atoms with Crippen LogP contribution in [0, 0.1) is 5.82 Å². The zero-order chi connectivity index (χ0) is 17.9. The maximum Gasteiger partial charge on any atom is 0.268 e. The van der Waals surface area contributed by atoms with E-state index < -0.39 is 6.10 Å². The Hall–Kier alpha value is -1.99. The summed E-state index contributed by atoms with van der Waals surface area (Å²) in [5, 5.41) is 6.86. The van der Waals surface area contributed by atoms with Crippen molar-refractivity contribution in [1.82, 2.24) is 0 Å². The van der Waals surface area contributed by atoms with Crippen molar-refractivity contribution in [1.29, 1.82) is 0 Å². The van der Waals surface area contributed by atoms with Crippen LogP contribution in [0.3, 0.4) is 0 Å². The molecule has 1 amide bonds. The molecule has 26 heavy (non-hydrogen) atoms. The Kier molecular flexibility index (Phi) is 5.17. The normalized spacial score (nSPS) is 19.9. The van der Waals surface area contributed by atoms with Gasteiger partial charge in [-0.1, -0.05) is 29.4 Å². The summed E-state index contributed by atoms with van der Waals surface area (Å²) in [4.78, 5) is 17.8. The molecule has 1 unspecified atom stereocenters. The summed E-state index contributed by atoms with van der Waals surface area (Å²) in [6, 6.07) is 14.1. The third kappa shape index (κ3) is 3.88. The summed E-state index contributed by atoms with van der Waals surface area (Å²) in [5.41, 5.74) is 3.18. The standard InChI is InChI=1S/C19H17FN2O2S2/c20-14-5-1-3-12(9-14)16-11-17(24-22-16)18(23)21-15-6-2-4-13(10-15)19-25-7-8-26-19/h1-6,9-10,17,19H,7-8,11H2,(H,21,23). The monoisotopic (exact) mass is 388 g/mol. The van der Waals surface area contributed by atoms with Crippen LogP contribution in [-0.2, 0) is 9.63 Å². The first-order valence-electron chi connectivity index (χ1n) is 8.32. The van der Waals surface area contributed by atoms with E-state index >= 15 is 0 Å². The number of nitrogens with zero attached hydrogens (tertiary/aromatic N) is 1. The van der Waals surface area contributed by atoms with Gasteiger partial charge in [-0.25, -0.2) is 4.39 Å². The molecular formula is C19H17FN2O2S2. The molecule has 2 aliphatic heterocycles. The number of hydrogen-bond acceptors (Lipinski definition) is 5. The molecule has 2 aromatic rings. The molecule has 0 saturated carbocycles. The van der Waals surface area contributed by atoms with Gasteiger partial charge in [0.2, 0.25) is 6.10 Å². The number of oxime groups is 1. The Morgan fingerprint density at radius 2 is 1.96 bits per heavy atom. The lowest BCUT2D eigenvalue weighted by Gasteiger charge is -2.13. The number of hydrogen-bond donors (Lipinski definition) is 1. The number of rotatable bonds is 4. The molecule has 0 radical (unpaired) electrons. The Morgan fingerprint density at radius 1 is 1.15 bits per heavy atom. The Balaban J connectivity index is 1.39. The van der Waals surface area contributed by atoms with Crippen LogP contribution in [0.4, 0.5) is 10.1 Å². The second-order valence-electron chi connectivity index (χ2n) is 6.03. The number of thioether (sulfide) groups is 2. The van der Waals surface area contributed by atoms with Crippen LogP contribution >= 0.6 is 23.5 Å². The molecule has 0 aromatic heterocycles. The third-order valence-corrected chi connectivity index (χ3v) is 7.27. The third-order valence-electron chi connectivity index (χ3n) is 4.17. The van der Waals surface area contributed by atoms with Crippen LogP contribution in [0.1, 0.15) is 22.1 Å². The molecule has 2 heterocycles. The number of amides is 1. The fourth-order valence-corrected chi connectivity index (χ4v) is 5.73. The van der Waals surface area contributed by atoms with Crippen LogP contribution < -0.4 is 5.32 Å². The van der Waals surface area contributed by atoms with Gasteiger partial charge in [-0.2, -0.15) is 0 Å². The average molecular weight is 388 g/mol. The summed E-state index contributed by atoms with van der Waals surface area (Å²) in [5.74, 6) is 1.73. The van der Waals surface area contributed by atoms with Gasteiger partial charge in [0.05, 0.1) is 10.3 Å². The Labute approximate surface area is 159 Å². The topological polar surface area (TPSA) is 50.7 Å². The van der Waals surface area contributed by atoms with Gasteiger partial charge < -0.3 is 10.2 Å². The van der Waals surface area contributed by atoms with Crippen LogP contribution in [0.15, 0.2) is 53.7 Å². The van der Waals surface area contributed by atoms with E-state index in [1.165, 1.54) is 17.7 Å². The average Bonchev–Trinajstić information content (AvgIpc) is 3.34. The SMILES string of the molecule is O=C(Nc1cccc(C2SCCS2)c1)C1CC(c2cccc(F)c2)=NO1. The minimum atomic E-state index is -0.702. The van der Waals surface area contributed by atoms with E-state index in [4.69, 9.17) is 4.84 Å². The zero-order valence-corrected chi connectivity index (χ0v) is 15.5. The number of carbonyl (C=O) groups excluding carboxylic acids is 1. The summed E-state index contributed by atoms with van der Waals surface area (Å²) < 4.78 is 13.8. The van der Waals surface area contributed by atoms with Crippen LogP contribution in [-0.4, -0.2) is 29.2 Å². The summed E-state index contributed by atoms with van der Waals surface area (Å²) >= 11 is 3.85. The van der Waals surface area contributed by atoms with Gasteiger partial charge in [0.15, 0.2) is 0 Å². The van der Waals surface area contributed by atoms with Gasteiger partial charge in [0.25, 0.3) is 5.91 Å². The summed E-state index contributed by atoms with van der Waals surface area (Å²) in [7, 11) is 0. The molecule has 1 atom stereocenters. The smallest absolute Gasteiger partial charge is 0.268 e. The van der Waals surface area contributed by atoms with Crippen molar-refractivity contribution in [2.24, 2.45) is 5.16 Å².